The van der Waals surface area contributed by atoms with E-state index in [1.165, 1.54) is 6.42 Å². The quantitative estimate of drug-likeness (QED) is 0.810. The van der Waals surface area contributed by atoms with Crippen LogP contribution in [0.1, 0.15) is 6.42 Å². The zero-order valence-corrected chi connectivity index (χ0v) is 9.30. The highest BCUT2D eigenvalue weighted by atomic mass is 15.3. The molecule has 0 aliphatic carbocycles. The number of anilines is 1. The van der Waals surface area contributed by atoms with E-state index in [9.17, 15) is 0 Å². The number of likely N-dealkylation sites (tertiary alicyclic amines) is 1. The third kappa shape index (κ3) is 1.74. The van der Waals surface area contributed by atoms with Crippen molar-refractivity contribution < 1.29 is 0 Å². The van der Waals surface area contributed by atoms with Crippen LogP contribution in [0.4, 0.5) is 5.82 Å². The molecule has 1 N–H and O–H groups in total. The average Bonchev–Trinajstić information content (AvgIpc) is 2.87. The number of rotatable bonds is 2. The van der Waals surface area contributed by atoms with Gasteiger partial charge in [0.2, 0.25) is 0 Å². The number of nitrogens with one attached hydrogen (secondary N) is 1. The summed E-state index contributed by atoms with van der Waals surface area (Å²) in [5, 5.41) is 7.58. The van der Waals surface area contributed by atoms with Crippen LogP contribution < -0.4 is 5.32 Å². The molecule has 1 aliphatic rings. The standard InChI is InChI=1S/C11H15N5/c1-15-6-3-9(8-15)13-10-4-7-16-11(14-10)2-5-12-16/h2,4-5,7,9H,3,6,8H2,1H3,(H,13,14). The van der Waals surface area contributed by atoms with Gasteiger partial charge in [0.25, 0.3) is 0 Å². The second-order valence-corrected chi connectivity index (χ2v) is 4.34. The second-order valence-electron chi connectivity index (χ2n) is 4.34. The Morgan fingerprint density at radius 2 is 2.38 bits per heavy atom. The fraction of sp³-hybridized carbons (Fsp3) is 0.455. The van der Waals surface area contributed by atoms with Crippen molar-refractivity contribution >= 4 is 11.5 Å². The zero-order chi connectivity index (χ0) is 11.0. The SMILES string of the molecule is CN1CCC(Nc2ccn3nccc3n2)C1. The van der Waals surface area contributed by atoms with Gasteiger partial charge in [-0.1, -0.05) is 0 Å². The first-order chi connectivity index (χ1) is 7.81. The molecule has 5 nitrogen and oxygen atoms in total. The second kappa shape index (κ2) is 3.75. The summed E-state index contributed by atoms with van der Waals surface area (Å²) >= 11 is 0. The molecule has 1 saturated heterocycles. The molecule has 1 unspecified atom stereocenters. The van der Waals surface area contributed by atoms with Crippen molar-refractivity contribution in [3.05, 3.63) is 24.5 Å². The van der Waals surface area contributed by atoms with Crippen molar-refractivity contribution in [3.8, 4) is 0 Å². The number of aromatic nitrogens is 3. The molecule has 84 valence electrons. The number of nitrogens with zero attached hydrogens (tertiary/aromatic N) is 4. The molecule has 3 heterocycles. The molecule has 1 atom stereocenters. The molecular formula is C11H15N5. The van der Waals surface area contributed by atoms with E-state index in [0.29, 0.717) is 6.04 Å². The van der Waals surface area contributed by atoms with Crippen LogP contribution in [0, 0.1) is 0 Å². The van der Waals surface area contributed by atoms with E-state index >= 15 is 0 Å². The Balaban J connectivity index is 1.78. The van der Waals surface area contributed by atoms with Gasteiger partial charge in [-0.05, 0) is 26.1 Å². The summed E-state index contributed by atoms with van der Waals surface area (Å²) in [5.41, 5.74) is 0.886. The Morgan fingerprint density at radius 3 is 3.19 bits per heavy atom. The Hall–Kier alpha value is -1.62. The predicted molar refractivity (Wildman–Crippen MR) is 62.5 cm³/mol. The molecule has 16 heavy (non-hydrogen) atoms. The lowest BCUT2D eigenvalue weighted by Crippen LogP contribution is -2.24. The summed E-state index contributed by atoms with van der Waals surface area (Å²) in [6.45, 7) is 2.25. The molecule has 0 amide bonds. The monoisotopic (exact) mass is 217 g/mol. The van der Waals surface area contributed by atoms with Gasteiger partial charge in [0.15, 0.2) is 5.65 Å². The van der Waals surface area contributed by atoms with Gasteiger partial charge in [0, 0.05) is 24.8 Å². The summed E-state index contributed by atoms with van der Waals surface area (Å²) < 4.78 is 1.77. The van der Waals surface area contributed by atoms with Gasteiger partial charge in [-0.2, -0.15) is 5.10 Å². The van der Waals surface area contributed by atoms with Crippen molar-refractivity contribution in [1.29, 1.82) is 0 Å². The van der Waals surface area contributed by atoms with Gasteiger partial charge in [-0.15, -0.1) is 0 Å². The normalized spacial score (nSPS) is 21.7. The zero-order valence-electron chi connectivity index (χ0n) is 9.30. The minimum atomic E-state index is 0.517. The Morgan fingerprint density at radius 1 is 1.44 bits per heavy atom. The van der Waals surface area contributed by atoms with Gasteiger partial charge in [0.1, 0.15) is 5.82 Å². The number of likely N-dealkylation sites (N-methyl/N-ethyl adjacent to an activating group) is 1. The molecule has 2 aromatic rings. The van der Waals surface area contributed by atoms with E-state index < -0.39 is 0 Å². The number of hydrogen-bond donors (Lipinski definition) is 1. The summed E-state index contributed by atoms with van der Waals surface area (Å²) in [5.74, 6) is 0.938. The first-order valence-electron chi connectivity index (χ1n) is 5.57. The van der Waals surface area contributed by atoms with E-state index in [4.69, 9.17) is 0 Å². The highest BCUT2D eigenvalue weighted by Crippen LogP contribution is 2.13. The van der Waals surface area contributed by atoms with Crippen LogP contribution in [0.15, 0.2) is 24.5 Å². The molecule has 0 aromatic carbocycles. The Labute approximate surface area is 94.1 Å². The van der Waals surface area contributed by atoms with Crippen LogP contribution in [0.3, 0.4) is 0 Å². The predicted octanol–water partition coefficient (Wildman–Crippen LogP) is 0.845. The topological polar surface area (TPSA) is 45.5 Å². The van der Waals surface area contributed by atoms with Crippen molar-refractivity contribution in [2.45, 2.75) is 12.5 Å². The van der Waals surface area contributed by atoms with Crippen molar-refractivity contribution in [2.24, 2.45) is 0 Å². The van der Waals surface area contributed by atoms with E-state index in [2.05, 4.69) is 27.3 Å². The van der Waals surface area contributed by atoms with Gasteiger partial charge in [-0.25, -0.2) is 9.50 Å². The van der Waals surface area contributed by atoms with Gasteiger partial charge in [-0.3, -0.25) is 0 Å². The average molecular weight is 217 g/mol. The van der Waals surface area contributed by atoms with Gasteiger partial charge in [0.05, 0.1) is 6.20 Å². The highest BCUT2D eigenvalue weighted by molar-refractivity contribution is 5.46. The lowest BCUT2D eigenvalue weighted by atomic mass is 10.2. The maximum atomic E-state index is 4.49. The number of hydrogen-bond acceptors (Lipinski definition) is 4. The molecule has 5 heteroatoms. The Bertz CT molecular complexity index is 492. The lowest BCUT2D eigenvalue weighted by Gasteiger charge is -2.13. The lowest BCUT2D eigenvalue weighted by molar-refractivity contribution is 0.414. The van der Waals surface area contributed by atoms with Gasteiger partial charge >= 0.3 is 0 Å². The van der Waals surface area contributed by atoms with Crippen LogP contribution >= 0.6 is 0 Å². The fourth-order valence-corrected chi connectivity index (χ4v) is 2.15. The van der Waals surface area contributed by atoms with E-state index in [1.807, 2.05) is 18.3 Å². The minimum absolute atomic E-state index is 0.517. The third-order valence-electron chi connectivity index (χ3n) is 3.00. The molecule has 0 radical (unpaired) electrons. The van der Waals surface area contributed by atoms with Crippen LogP contribution in [-0.4, -0.2) is 45.7 Å². The third-order valence-corrected chi connectivity index (χ3v) is 3.00. The van der Waals surface area contributed by atoms with Crippen LogP contribution in [0.25, 0.3) is 5.65 Å². The van der Waals surface area contributed by atoms with Crippen molar-refractivity contribution in [1.82, 2.24) is 19.5 Å². The minimum Gasteiger partial charge on any atom is -0.366 e. The van der Waals surface area contributed by atoms with Crippen LogP contribution in [0.5, 0.6) is 0 Å². The molecular weight excluding hydrogens is 202 g/mol. The molecule has 1 fully saturated rings. The van der Waals surface area contributed by atoms with Crippen LogP contribution in [0.2, 0.25) is 0 Å². The van der Waals surface area contributed by atoms with Crippen LogP contribution in [-0.2, 0) is 0 Å². The molecule has 0 saturated carbocycles. The maximum Gasteiger partial charge on any atom is 0.157 e. The summed E-state index contributed by atoms with van der Waals surface area (Å²) in [6, 6.07) is 4.40. The Kier molecular flexibility index (Phi) is 2.25. The molecule has 1 aliphatic heterocycles. The highest BCUT2D eigenvalue weighted by Gasteiger charge is 2.19. The molecule has 2 aromatic heterocycles. The maximum absolute atomic E-state index is 4.49. The van der Waals surface area contributed by atoms with Crippen molar-refractivity contribution in [2.75, 3.05) is 25.5 Å². The fourth-order valence-electron chi connectivity index (χ4n) is 2.15. The van der Waals surface area contributed by atoms with E-state index in [1.54, 1.807) is 10.7 Å². The molecule has 0 bridgehead atoms. The molecule has 3 rings (SSSR count). The smallest absolute Gasteiger partial charge is 0.157 e. The molecule has 0 spiro atoms. The van der Waals surface area contributed by atoms with E-state index in [0.717, 1.165) is 24.6 Å². The van der Waals surface area contributed by atoms with Crippen molar-refractivity contribution in [3.63, 3.8) is 0 Å². The summed E-state index contributed by atoms with van der Waals surface area (Å²) in [6.07, 6.45) is 4.88. The first kappa shape index (κ1) is 9.59. The summed E-state index contributed by atoms with van der Waals surface area (Å²) in [4.78, 5) is 6.82. The summed E-state index contributed by atoms with van der Waals surface area (Å²) in [7, 11) is 2.15. The van der Waals surface area contributed by atoms with E-state index in [-0.39, 0.29) is 0 Å². The number of fused-ring (bicyclic) bond motifs is 1. The largest absolute Gasteiger partial charge is 0.366 e. The van der Waals surface area contributed by atoms with Gasteiger partial charge < -0.3 is 10.2 Å². The first-order valence-corrected chi connectivity index (χ1v) is 5.57.